The van der Waals surface area contributed by atoms with Crippen molar-refractivity contribution in [2.45, 2.75) is 52.6 Å². The van der Waals surface area contributed by atoms with Gasteiger partial charge in [0.1, 0.15) is 5.82 Å². The fourth-order valence-corrected chi connectivity index (χ4v) is 3.38. The fourth-order valence-electron chi connectivity index (χ4n) is 3.38. The monoisotopic (exact) mass is 358 g/mol. The highest BCUT2D eigenvalue weighted by Crippen LogP contribution is 2.33. The first-order valence-electron chi connectivity index (χ1n) is 8.80. The van der Waals surface area contributed by atoms with Gasteiger partial charge in [-0.25, -0.2) is 4.39 Å². The molecular formula is C19H23FN4O2. The zero-order valence-electron chi connectivity index (χ0n) is 15.2. The molecule has 26 heavy (non-hydrogen) atoms. The van der Waals surface area contributed by atoms with Gasteiger partial charge in [0.25, 0.3) is 0 Å². The van der Waals surface area contributed by atoms with E-state index in [0.717, 1.165) is 29.9 Å². The molecule has 3 rings (SSSR count). The van der Waals surface area contributed by atoms with Gasteiger partial charge >= 0.3 is 0 Å². The van der Waals surface area contributed by atoms with Gasteiger partial charge < -0.3 is 10.6 Å². The number of aryl methyl sites for hydroxylation is 2. The predicted molar refractivity (Wildman–Crippen MR) is 96.2 cm³/mol. The zero-order chi connectivity index (χ0) is 18.8. The van der Waals surface area contributed by atoms with E-state index in [1.54, 1.807) is 0 Å². The first-order chi connectivity index (χ1) is 12.4. The molecule has 1 unspecified atom stereocenters. The predicted octanol–water partition coefficient (Wildman–Crippen LogP) is 2.79. The Morgan fingerprint density at radius 2 is 2.19 bits per heavy atom. The van der Waals surface area contributed by atoms with E-state index in [1.165, 1.54) is 18.2 Å². The van der Waals surface area contributed by atoms with Crippen LogP contribution >= 0.6 is 0 Å². The molecule has 0 spiro atoms. The Morgan fingerprint density at radius 1 is 1.42 bits per heavy atom. The maximum absolute atomic E-state index is 13.6. The van der Waals surface area contributed by atoms with E-state index < -0.39 is 11.7 Å². The SMILES string of the molecule is CCCn1nc(C)c(CNC(=O)C2CC(=O)Nc3ccc(F)cc32)c1C. The molecule has 1 atom stereocenters. The number of hydrogen-bond acceptors (Lipinski definition) is 3. The van der Waals surface area contributed by atoms with E-state index in [2.05, 4.69) is 22.7 Å². The van der Waals surface area contributed by atoms with Crippen molar-refractivity contribution in [1.82, 2.24) is 15.1 Å². The van der Waals surface area contributed by atoms with Crippen molar-refractivity contribution in [2.24, 2.45) is 0 Å². The number of rotatable bonds is 5. The van der Waals surface area contributed by atoms with Crippen molar-refractivity contribution in [3.05, 3.63) is 46.5 Å². The van der Waals surface area contributed by atoms with Gasteiger partial charge in [-0.1, -0.05) is 6.92 Å². The number of nitrogens with one attached hydrogen (secondary N) is 2. The van der Waals surface area contributed by atoms with Gasteiger partial charge in [0, 0.05) is 36.5 Å². The molecule has 2 aromatic rings. The zero-order valence-corrected chi connectivity index (χ0v) is 15.2. The molecule has 1 aromatic carbocycles. The van der Waals surface area contributed by atoms with Crippen LogP contribution in [0.1, 0.15) is 48.2 Å². The van der Waals surface area contributed by atoms with E-state index >= 15 is 0 Å². The summed E-state index contributed by atoms with van der Waals surface area (Å²) in [6, 6.07) is 4.08. The van der Waals surface area contributed by atoms with Crippen molar-refractivity contribution >= 4 is 17.5 Å². The lowest BCUT2D eigenvalue weighted by molar-refractivity contribution is -0.126. The summed E-state index contributed by atoms with van der Waals surface area (Å²) in [6.07, 6.45) is 0.989. The average Bonchev–Trinajstić information content (AvgIpc) is 2.86. The van der Waals surface area contributed by atoms with E-state index in [1.807, 2.05) is 18.5 Å². The van der Waals surface area contributed by atoms with Crippen LogP contribution in [-0.2, 0) is 22.7 Å². The number of fused-ring (bicyclic) bond motifs is 1. The summed E-state index contributed by atoms with van der Waals surface area (Å²) < 4.78 is 15.5. The van der Waals surface area contributed by atoms with E-state index in [9.17, 15) is 14.0 Å². The Kier molecular flexibility index (Phi) is 5.06. The third-order valence-electron chi connectivity index (χ3n) is 4.78. The molecule has 0 bridgehead atoms. The van der Waals surface area contributed by atoms with Gasteiger partial charge in [0.15, 0.2) is 0 Å². The summed E-state index contributed by atoms with van der Waals surface area (Å²) >= 11 is 0. The largest absolute Gasteiger partial charge is 0.351 e. The molecule has 1 aliphatic rings. The van der Waals surface area contributed by atoms with Crippen molar-refractivity contribution < 1.29 is 14.0 Å². The summed E-state index contributed by atoms with van der Waals surface area (Å²) in [4.78, 5) is 24.6. The Labute approximate surface area is 151 Å². The van der Waals surface area contributed by atoms with Gasteiger partial charge in [0.2, 0.25) is 11.8 Å². The molecule has 0 fully saturated rings. The number of hydrogen-bond donors (Lipinski definition) is 2. The lowest BCUT2D eigenvalue weighted by Gasteiger charge is -2.25. The molecule has 2 heterocycles. The van der Waals surface area contributed by atoms with E-state index in [0.29, 0.717) is 17.8 Å². The number of carbonyl (C=O) groups is 2. The van der Waals surface area contributed by atoms with Gasteiger partial charge in [0.05, 0.1) is 11.6 Å². The molecule has 2 N–H and O–H groups in total. The smallest absolute Gasteiger partial charge is 0.228 e. The number of halogens is 1. The molecule has 138 valence electrons. The van der Waals surface area contributed by atoms with Crippen LogP contribution in [0.15, 0.2) is 18.2 Å². The van der Waals surface area contributed by atoms with Crippen LogP contribution in [0.25, 0.3) is 0 Å². The van der Waals surface area contributed by atoms with Crippen molar-refractivity contribution in [2.75, 3.05) is 5.32 Å². The van der Waals surface area contributed by atoms with E-state index in [4.69, 9.17) is 0 Å². The highest BCUT2D eigenvalue weighted by Gasteiger charge is 2.31. The Hall–Kier alpha value is -2.70. The molecule has 0 aliphatic carbocycles. The summed E-state index contributed by atoms with van der Waals surface area (Å²) in [7, 11) is 0. The van der Waals surface area contributed by atoms with E-state index in [-0.39, 0.29) is 18.2 Å². The summed E-state index contributed by atoms with van der Waals surface area (Å²) in [5, 5.41) is 10.1. The Bertz CT molecular complexity index is 859. The molecular weight excluding hydrogens is 335 g/mol. The van der Waals surface area contributed by atoms with Crippen LogP contribution in [0, 0.1) is 19.7 Å². The van der Waals surface area contributed by atoms with Crippen molar-refractivity contribution in [1.29, 1.82) is 0 Å². The summed E-state index contributed by atoms with van der Waals surface area (Å²) in [6.45, 7) is 7.15. The molecule has 6 nitrogen and oxygen atoms in total. The van der Waals surface area contributed by atoms with Crippen LogP contribution in [0.3, 0.4) is 0 Å². The van der Waals surface area contributed by atoms with Crippen LogP contribution < -0.4 is 10.6 Å². The maximum atomic E-state index is 13.6. The lowest BCUT2D eigenvalue weighted by Crippen LogP contribution is -2.35. The quantitative estimate of drug-likeness (QED) is 0.863. The standard InChI is InChI=1S/C19H23FN4O2/c1-4-7-24-12(3)16(11(2)23-24)10-21-19(26)15-9-18(25)22-17-6-5-13(20)8-14(15)17/h5-6,8,15H,4,7,9-10H2,1-3H3,(H,21,26)(H,22,25). The second kappa shape index (κ2) is 7.27. The third-order valence-corrected chi connectivity index (χ3v) is 4.78. The highest BCUT2D eigenvalue weighted by atomic mass is 19.1. The number of amides is 2. The first-order valence-corrected chi connectivity index (χ1v) is 8.80. The minimum atomic E-state index is -0.694. The van der Waals surface area contributed by atoms with Crippen LogP contribution in [-0.4, -0.2) is 21.6 Å². The fraction of sp³-hybridized carbons (Fsp3) is 0.421. The van der Waals surface area contributed by atoms with Crippen LogP contribution in [0.4, 0.5) is 10.1 Å². The highest BCUT2D eigenvalue weighted by molar-refractivity contribution is 6.01. The maximum Gasteiger partial charge on any atom is 0.228 e. The average molecular weight is 358 g/mol. The molecule has 0 radical (unpaired) electrons. The molecule has 0 saturated heterocycles. The summed E-state index contributed by atoms with van der Waals surface area (Å²) in [5.41, 5.74) is 3.89. The number of aromatic nitrogens is 2. The van der Waals surface area contributed by atoms with Gasteiger partial charge in [-0.3, -0.25) is 14.3 Å². The van der Waals surface area contributed by atoms with Gasteiger partial charge in [-0.15, -0.1) is 0 Å². The third kappa shape index (κ3) is 3.47. The van der Waals surface area contributed by atoms with Gasteiger partial charge in [-0.05, 0) is 44.0 Å². The number of carbonyl (C=O) groups excluding carboxylic acids is 2. The molecule has 2 amide bonds. The lowest BCUT2D eigenvalue weighted by atomic mass is 9.89. The number of nitrogens with zero attached hydrogens (tertiary/aromatic N) is 2. The molecule has 1 aromatic heterocycles. The Morgan fingerprint density at radius 3 is 2.92 bits per heavy atom. The van der Waals surface area contributed by atoms with Gasteiger partial charge in [-0.2, -0.15) is 5.10 Å². The molecule has 1 aliphatic heterocycles. The number of benzene rings is 1. The molecule has 7 heteroatoms. The van der Waals surface area contributed by atoms with Crippen molar-refractivity contribution in [3.63, 3.8) is 0 Å². The first kappa shape index (κ1) is 18.1. The summed E-state index contributed by atoms with van der Waals surface area (Å²) in [5.74, 6) is -1.65. The minimum absolute atomic E-state index is 0.00927. The van der Waals surface area contributed by atoms with Crippen LogP contribution in [0.5, 0.6) is 0 Å². The minimum Gasteiger partial charge on any atom is -0.351 e. The Balaban J connectivity index is 1.77. The second-order valence-electron chi connectivity index (χ2n) is 6.63. The normalized spacial score (nSPS) is 16.2. The second-order valence-corrected chi connectivity index (χ2v) is 6.63. The van der Waals surface area contributed by atoms with Crippen LogP contribution in [0.2, 0.25) is 0 Å². The number of anilines is 1. The van der Waals surface area contributed by atoms with Crippen molar-refractivity contribution in [3.8, 4) is 0 Å². The topological polar surface area (TPSA) is 76.0 Å². The molecule has 0 saturated carbocycles.